The molecule has 0 saturated heterocycles. The Morgan fingerprint density at radius 2 is 1.95 bits per heavy atom. The van der Waals surface area contributed by atoms with Crippen molar-refractivity contribution in [2.24, 2.45) is 5.41 Å². The number of carboxylic acids is 1. The molecule has 1 aromatic heterocycles. The molecule has 106 valence electrons. The Morgan fingerprint density at radius 3 is 2.60 bits per heavy atom. The van der Waals surface area contributed by atoms with E-state index in [1.54, 1.807) is 6.07 Å². The first-order valence-electron chi connectivity index (χ1n) is 7.08. The maximum Gasteiger partial charge on any atom is 0.335 e. The minimum Gasteiger partial charge on any atom is -0.478 e. The summed E-state index contributed by atoms with van der Waals surface area (Å²) in [6.45, 7) is 9.11. The fourth-order valence-electron chi connectivity index (χ4n) is 4.11. The van der Waals surface area contributed by atoms with E-state index in [1.807, 2.05) is 12.1 Å². The SMILES string of the molecule is CC1(C)Cc2[nH]c3ccc(C(=O)O)cc3c2C(C)(C)C1. The lowest BCUT2D eigenvalue weighted by atomic mass is 9.64. The maximum absolute atomic E-state index is 11.2. The molecule has 0 radical (unpaired) electrons. The molecule has 1 heterocycles. The van der Waals surface area contributed by atoms with Gasteiger partial charge in [-0.25, -0.2) is 4.79 Å². The summed E-state index contributed by atoms with van der Waals surface area (Å²) in [7, 11) is 0. The Labute approximate surface area is 119 Å². The van der Waals surface area contributed by atoms with Crippen LogP contribution in [-0.4, -0.2) is 16.1 Å². The van der Waals surface area contributed by atoms with Crippen LogP contribution in [0.1, 0.15) is 55.7 Å². The second kappa shape index (κ2) is 3.87. The van der Waals surface area contributed by atoms with E-state index in [2.05, 4.69) is 32.7 Å². The number of aromatic carboxylic acids is 1. The lowest BCUT2D eigenvalue weighted by Crippen LogP contribution is -2.34. The van der Waals surface area contributed by atoms with Gasteiger partial charge in [-0.15, -0.1) is 0 Å². The van der Waals surface area contributed by atoms with Crippen molar-refractivity contribution in [2.75, 3.05) is 0 Å². The van der Waals surface area contributed by atoms with Crippen molar-refractivity contribution in [1.82, 2.24) is 4.98 Å². The first kappa shape index (κ1) is 13.2. The van der Waals surface area contributed by atoms with Gasteiger partial charge < -0.3 is 10.1 Å². The smallest absolute Gasteiger partial charge is 0.335 e. The quantitative estimate of drug-likeness (QED) is 0.819. The van der Waals surface area contributed by atoms with Crippen molar-refractivity contribution in [3.05, 3.63) is 35.0 Å². The van der Waals surface area contributed by atoms with Gasteiger partial charge >= 0.3 is 5.97 Å². The summed E-state index contributed by atoms with van der Waals surface area (Å²) in [5, 5.41) is 10.3. The van der Waals surface area contributed by atoms with Gasteiger partial charge in [-0.3, -0.25) is 0 Å². The van der Waals surface area contributed by atoms with Crippen LogP contribution in [0, 0.1) is 5.41 Å². The Balaban J connectivity index is 2.29. The molecule has 3 rings (SSSR count). The van der Waals surface area contributed by atoms with Gasteiger partial charge in [-0.2, -0.15) is 0 Å². The molecule has 20 heavy (non-hydrogen) atoms. The van der Waals surface area contributed by atoms with Crippen molar-refractivity contribution >= 4 is 16.9 Å². The number of aromatic nitrogens is 1. The number of fused-ring (bicyclic) bond motifs is 3. The lowest BCUT2D eigenvalue weighted by molar-refractivity contribution is 0.0697. The number of carboxylic acid groups (broad SMARTS) is 1. The molecule has 0 saturated carbocycles. The van der Waals surface area contributed by atoms with Gasteiger partial charge in [0.05, 0.1) is 5.56 Å². The predicted molar refractivity (Wildman–Crippen MR) is 80.4 cm³/mol. The van der Waals surface area contributed by atoms with Gasteiger partial charge in [0.2, 0.25) is 0 Å². The molecule has 1 aromatic carbocycles. The van der Waals surface area contributed by atoms with E-state index in [0.717, 1.165) is 23.7 Å². The van der Waals surface area contributed by atoms with E-state index < -0.39 is 5.97 Å². The van der Waals surface area contributed by atoms with Crippen LogP contribution in [0.5, 0.6) is 0 Å². The minimum atomic E-state index is -0.865. The summed E-state index contributed by atoms with van der Waals surface area (Å²) in [6.07, 6.45) is 2.13. The summed E-state index contributed by atoms with van der Waals surface area (Å²) >= 11 is 0. The summed E-state index contributed by atoms with van der Waals surface area (Å²) in [6, 6.07) is 5.37. The summed E-state index contributed by atoms with van der Waals surface area (Å²) in [4.78, 5) is 14.7. The number of benzene rings is 1. The number of aromatic amines is 1. The molecule has 2 aromatic rings. The molecule has 0 unspecified atom stereocenters. The number of H-pyrrole nitrogens is 1. The third kappa shape index (κ3) is 1.92. The molecule has 1 aliphatic carbocycles. The summed E-state index contributed by atoms with van der Waals surface area (Å²) in [5.74, 6) is -0.865. The topological polar surface area (TPSA) is 53.1 Å². The van der Waals surface area contributed by atoms with Gasteiger partial charge in [0, 0.05) is 16.6 Å². The van der Waals surface area contributed by atoms with E-state index in [4.69, 9.17) is 0 Å². The number of nitrogens with one attached hydrogen (secondary N) is 1. The highest BCUT2D eigenvalue weighted by molar-refractivity contribution is 5.95. The largest absolute Gasteiger partial charge is 0.478 e. The van der Waals surface area contributed by atoms with Crippen LogP contribution in [0.15, 0.2) is 18.2 Å². The van der Waals surface area contributed by atoms with E-state index in [0.29, 0.717) is 5.56 Å². The van der Waals surface area contributed by atoms with E-state index in [9.17, 15) is 9.90 Å². The monoisotopic (exact) mass is 271 g/mol. The van der Waals surface area contributed by atoms with Crippen LogP contribution in [0.4, 0.5) is 0 Å². The van der Waals surface area contributed by atoms with Crippen LogP contribution in [0.25, 0.3) is 10.9 Å². The van der Waals surface area contributed by atoms with Crippen LogP contribution >= 0.6 is 0 Å². The van der Waals surface area contributed by atoms with Gasteiger partial charge in [0.1, 0.15) is 0 Å². The number of carbonyl (C=O) groups is 1. The van der Waals surface area contributed by atoms with Crippen LogP contribution < -0.4 is 0 Å². The second-order valence-corrected chi connectivity index (χ2v) is 7.45. The molecular weight excluding hydrogens is 250 g/mol. The van der Waals surface area contributed by atoms with Gasteiger partial charge in [0.15, 0.2) is 0 Å². The minimum absolute atomic E-state index is 0.0620. The molecular formula is C17H21NO2. The Morgan fingerprint density at radius 1 is 1.25 bits per heavy atom. The van der Waals surface area contributed by atoms with Crippen molar-refractivity contribution in [2.45, 2.75) is 46.0 Å². The lowest BCUT2D eigenvalue weighted by Gasteiger charge is -2.40. The zero-order valence-corrected chi connectivity index (χ0v) is 12.5. The fourth-order valence-corrected chi connectivity index (χ4v) is 4.11. The molecule has 3 nitrogen and oxygen atoms in total. The Bertz CT molecular complexity index is 707. The van der Waals surface area contributed by atoms with Crippen LogP contribution in [0.2, 0.25) is 0 Å². The molecule has 0 spiro atoms. The highest BCUT2D eigenvalue weighted by Gasteiger charge is 2.39. The second-order valence-electron chi connectivity index (χ2n) is 7.45. The summed E-state index contributed by atoms with van der Waals surface area (Å²) < 4.78 is 0. The Kier molecular flexibility index (Phi) is 2.56. The highest BCUT2D eigenvalue weighted by atomic mass is 16.4. The molecule has 0 amide bonds. The van der Waals surface area contributed by atoms with Gasteiger partial charge in [-0.05, 0) is 47.4 Å². The number of rotatable bonds is 1. The average molecular weight is 271 g/mol. The number of hydrogen-bond donors (Lipinski definition) is 2. The average Bonchev–Trinajstić information content (AvgIpc) is 2.62. The predicted octanol–water partition coefficient (Wildman–Crippen LogP) is 4.12. The molecule has 2 N–H and O–H groups in total. The molecule has 1 aliphatic rings. The van der Waals surface area contributed by atoms with Gasteiger partial charge in [0.25, 0.3) is 0 Å². The van der Waals surface area contributed by atoms with E-state index in [-0.39, 0.29) is 10.8 Å². The van der Waals surface area contributed by atoms with E-state index in [1.165, 1.54) is 11.3 Å². The molecule has 0 aliphatic heterocycles. The first-order chi connectivity index (χ1) is 9.20. The van der Waals surface area contributed by atoms with Crippen molar-refractivity contribution in [1.29, 1.82) is 0 Å². The zero-order valence-electron chi connectivity index (χ0n) is 12.5. The van der Waals surface area contributed by atoms with Crippen LogP contribution in [-0.2, 0) is 11.8 Å². The molecule has 3 heteroatoms. The molecule has 0 fully saturated rings. The standard InChI is InChI=1S/C17H21NO2/c1-16(2)8-13-14(17(3,4)9-16)11-7-10(15(19)20)5-6-12(11)18-13/h5-7,18H,8-9H2,1-4H3,(H,19,20). The third-order valence-corrected chi connectivity index (χ3v) is 4.38. The normalized spacial score (nSPS) is 19.8. The van der Waals surface area contributed by atoms with E-state index >= 15 is 0 Å². The zero-order chi connectivity index (χ0) is 14.7. The van der Waals surface area contributed by atoms with Crippen molar-refractivity contribution in [3.8, 4) is 0 Å². The van der Waals surface area contributed by atoms with Gasteiger partial charge in [-0.1, -0.05) is 27.7 Å². The molecule has 0 bridgehead atoms. The van der Waals surface area contributed by atoms with Crippen LogP contribution in [0.3, 0.4) is 0 Å². The van der Waals surface area contributed by atoms with Crippen molar-refractivity contribution < 1.29 is 9.90 Å². The maximum atomic E-state index is 11.2. The molecule has 0 atom stereocenters. The first-order valence-corrected chi connectivity index (χ1v) is 7.08. The fraction of sp³-hybridized carbons (Fsp3) is 0.471. The Hall–Kier alpha value is -1.77. The number of hydrogen-bond acceptors (Lipinski definition) is 1. The van der Waals surface area contributed by atoms with Crippen molar-refractivity contribution in [3.63, 3.8) is 0 Å². The summed E-state index contributed by atoms with van der Waals surface area (Å²) in [5.41, 5.74) is 4.31. The highest BCUT2D eigenvalue weighted by Crippen LogP contribution is 2.48. The third-order valence-electron chi connectivity index (χ3n) is 4.38.